The minimum atomic E-state index is -0.386. The van der Waals surface area contributed by atoms with E-state index in [0.717, 1.165) is 18.4 Å². The van der Waals surface area contributed by atoms with Gasteiger partial charge in [-0.3, -0.25) is 0 Å². The Kier molecular flexibility index (Phi) is 8.09. The summed E-state index contributed by atoms with van der Waals surface area (Å²) in [5.41, 5.74) is 1.25. The number of hydrogen-bond acceptors (Lipinski definition) is 5. The van der Waals surface area contributed by atoms with Crippen LogP contribution in [0, 0.1) is 6.92 Å². The van der Waals surface area contributed by atoms with Crippen LogP contribution in [0.4, 0.5) is 0 Å². The molecule has 0 bridgehead atoms. The van der Waals surface area contributed by atoms with Gasteiger partial charge < -0.3 is 9.15 Å². The monoisotopic (exact) mass is 399 g/mol. The smallest absolute Gasteiger partial charge is 0.397 e. The average molecular weight is 400 g/mol. The molecule has 0 aliphatic heterocycles. The Morgan fingerprint density at radius 3 is 2.50 bits per heavy atom. The van der Waals surface area contributed by atoms with Crippen LogP contribution in [-0.4, -0.2) is 11.6 Å². The van der Waals surface area contributed by atoms with Crippen LogP contribution in [0.5, 0.6) is 6.08 Å². The van der Waals surface area contributed by atoms with E-state index in [1.165, 1.54) is 49.8 Å². The largest absolute Gasteiger partial charge is 0.450 e. The van der Waals surface area contributed by atoms with Gasteiger partial charge in [0.2, 0.25) is 0 Å². The zero-order valence-electron chi connectivity index (χ0n) is 16.6. The first-order valence-corrected chi connectivity index (χ1v) is 11.2. The molecule has 1 aromatic carbocycles. The lowest BCUT2D eigenvalue weighted by molar-refractivity contribution is 0.211. The van der Waals surface area contributed by atoms with E-state index in [4.69, 9.17) is 9.15 Å². The number of nitrogens with zero attached hydrogens (tertiary/aromatic N) is 1. The summed E-state index contributed by atoms with van der Waals surface area (Å²) in [5.74, 6) is 0. The zero-order valence-corrected chi connectivity index (χ0v) is 17.4. The molecule has 0 unspecified atom stereocenters. The van der Waals surface area contributed by atoms with Gasteiger partial charge >= 0.3 is 11.7 Å². The molecule has 4 nitrogen and oxygen atoms in total. The van der Waals surface area contributed by atoms with Crippen molar-refractivity contribution in [1.29, 1.82) is 0 Å². The molecule has 0 fully saturated rings. The standard InChI is InChI=1S/C23H29NO3S/c1-18-13-14-21-20(17-18)22(25)27-23(24-21)26-15-9-7-5-3-2-4-6-8-11-19-12-10-16-28-19/h10,12-14,16-17H,2-9,11,15H2,1H3. The van der Waals surface area contributed by atoms with Crippen molar-refractivity contribution in [3.63, 3.8) is 0 Å². The van der Waals surface area contributed by atoms with E-state index in [-0.39, 0.29) is 11.7 Å². The Hall–Kier alpha value is -2.14. The number of aryl methyl sites for hydroxylation is 2. The Morgan fingerprint density at radius 1 is 1.00 bits per heavy atom. The average Bonchev–Trinajstić information content (AvgIpc) is 3.20. The number of fused-ring (bicyclic) bond motifs is 1. The van der Waals surface area contributed by atoms with Gasteiger partial charge in [0.1, 0.15) is 0 Å². The number of ether oxygens (including phenoxy) is 1. The molecule has 0 aliphatic rings. The molecule has 0 radical (unpaired) electrons. The first-order valence-electron chi connectivity index (χ1n) is 10.3. The molecular formula is C23H29NO3S. The summed E-state index contributed by atoms with van der Waals surface area (Å²) in [4.78, 5) is 17.8. The van der Waals surface area contributed by atoms with Gasteiger partial charge in [0.05, 0.1) is 17.5 Å². The molecule has 28 heavy (non-hydrogen) atoms. The molecule has 3 rings (SSSR count). The highest BCUT2D eigenvalue weighted by atomic mass is 32.1. The summed E-state index contributed by atoms with van der Waals surface area (Å²) in [6, 6.07) is 9.91. The van der Waals surface area contributed by atoms with Crippen LogP contribution in [0.2, 0.25) is 0 Å². The highest BCUT2D eigenvalue weighted by molar-refractivity contribution is 7.09. The highest BCUT2D eigenvalue weighted by Gasteiger charge is 2.07. The number of aromatic nitrogens is 1. The quantitative estimate of drug-likeness (QED) is 0.335. The molecule has 0 aliphatic carbocycles. The Bertz CT molecular complexity index is 902. The topological polar surface area (TPSA) is 52.3 Å². The van der Waals surface area contributed by atoms with Gasteiger partial charge in [-0.15, -0.1) is 11.3 Å². The van der Waals surface area contributed by atoms with Crippen molar-refractivity contribution in [3.05, 3.63) is 56.6 Å². The molecule has 0 saturated heterocycles. The fourth-order valence-corrected chi connectivity index (χ4v) is 4.06. The van der Waals surface area contributed by atoms with Crippen LogP contribution in [0.15, 0.2) is 44.9 Å². The van der Waals surface area contributed by atoms with Crippen LogP contribution >= 0.6 is 11.3 Å². The first-order chi connectivity index (χ1) is 13.7. The lowest BCUT2D eigenvalue weighted by Gasteiger charge is -2.05. The third-order valence-electron chi connectivity index (χ3n) is 4.89. The van der Waals surface area contributed by atoms with Crippen molar-refractivity contribution < 1.29 is 9.15 Å². The third-order valence-corrected chi connectivity index (χ3v) is 5.82. The lowest BCUT2D eigenvalue weighted by Crippen LogP contribution is -2.06. The maximum atomic E-state index is 12.0. The second-order valence-electron chi connectivity index (χ2n) is 7.29. The van der Waals surface area contributed by atoms with Crippen molar-refractivity contribution in [2.45, 2.75) is 64.7 Å². The normalized spacial score (nSPS) is 11.2. The first kappa shape index (κ1) is 20.6. The van der Waals surface area contributed by atoms with Crippen molar-refractivity contribution in [1.82, 2.24) is 4.98 Å². The summed E-state index contributed by atoms with van der Waals surface area (Å²) < 4.78 is 10.7. The number of unbranched alkanes of at least 4 members (excludes halogenated alkanes) is 7. The van der Waals surface area contributed by atoms with Gasteiger partial charge in [-0.2, -0.15) is 4.98 Å². The maximum Gasteiger partial charge on any atom is 0.397 e. The van der Waals surface area contributed by atoms with Gasteiger partial charge in [-0.1, -0.05) is 56.2 Å². The Morgan fingerprint density at radius 2 is 1.75 bits per heavy atom. The summed E-state index contributed by atoms with van der Waals surface area (Å²) in [6.07, 6.45) is 11.2. The van der Waals surface area contributed by atoms with Crippen LogP contribution in [-0.2, 0) is 6.42 Å². The molecule has 0 saturated carbocycles. The molecule has 0 amide bonds. The molecule has 5 heteroatoms. The van der Waals surface area contributed by atoms with Gasteiger partial charge in [0.15, 0.2) is 0 Å². The summed E-state index contributed by atoms with van der Waals surface area (Å²) in [7, 11) is 0. The van der Waals surface area contributed by atoms with Crippen molar-refractivity contribution in [3.8, 4) is 6.08 Å². The van der Waals surface area contributed by atoms with E-state index in [2.05, 4.69) is 22.5 Å². The molecule has 0 N–H and O–H groups in total. The van der Waals surface area contributed by atoms with Gasteiger partial charge in [-0.25, -0.2) is 4.79 Å². The minimum Gasteiger partial charge on any atom is -0.450 e. The predicted molar refractivity (Wildman–Crippen MR) is 115 cm³/mol. The van der Waals surface area contributed by atoms with E-state index >= 15 is 0 Å². The summed E-state index contributed by atoms with van der Waals surface area (Å²) in [6.45, 7) is 2.47. The Labute approximate surface area is 170 Å². The van der Waals surface area contributed by atoms with Crippen LogP contribution in [0.25, 0.3) is 10.9 Å². The van der Waals surface area contributed by atoms with Gasteiger partial charge in [0, 0.05) is 4.88 Å². The fourth-order valence-electron chi connectivity index (χ4n) is 3.30. The molecule has 2 aromatic heterocycles. The van der Waals surface area contributed by atoms with E-state index in [1.807, 2.05) is 30.4 Å². The lowest BCUT2D eigenvalue weighted by atomic mass is 10.1. The third kappa shape index (κ3) is 6.48. The van der Waals surface area contributed by atoms with Crippen molar-refractivity contribution >= 4 is 22.2 Å². The molecule has 0 spiro atoms. The van der Waals surface area contributed by atoms with Crippen molar-refractivity contribution in [2.75, 3.05) is 6.61 Å². The van der Waals surface area contributed by atoms with Crippen LogP contribution in [0.3, 0.4) is 0 Å². The van der Waals surface area contributed by atoms with E-state index in [0.29, 0.717) is 17.5 Å². The van der Waals surface area contributed by atoms with E-state index in [1.54, 1.807) is 6.07 Å². The summed E-state index contributed by atoms with van der Waals surface area (Å²) in [5, 5.41) is 2.66. The molecule has 150 valence electrons. The predicted octanol–water partition coefficient (Wildman–Crippen LogP) is 6.30. The highest BCUT2D eigenvalue weighted by Crippen LogP contribution is 2.16. The van der Waals surface area contributed by atoms with E-state index < -0.39 is 0 Å². The van der Waals surface area contributed by atoms with Crippen molar-refractivity contribution in [2.24, 2.45) is 0 Å². The SMILES string of the molecule is Cc1ccc2nc(OCCCCCCCCCCc3cccs3)oc(=O)c2c1. The molecular weight excluding hydrogens is 370 g/mol. The number of rotatable bonds is 12. The van der Waals surface area contributed by atoms with Crippen LogP contribution < -0.4 is 10.4 Å². The second-order valence-corrected chi connectivity index (χ2v) is 8.33. The number of thiophene rings is 1. The van der Waals surface area contributed by atoms with Gasteiger partial charge in [-0.05, 0) is 49.8 Å². The van der Waals surface area contributed by atoms with Gasteiger partial charge in [0.25, 0.3) is 0 Å². The number of hydrogen-bond donors (Lipinski definition) is 0. The minimum absolute atomic E-state index is 0.0760. The second kappa shape index (κ2) is 11.0. The molecule has 0 atom stereocenters. The van der Waals surface area contributed by atoms with E-state index in [9.17, 15) is 4.79 Å². The molecule has 2 heterocycles. The molecule has 3 aromatic rings. The number of benzene rings is 1. The summed E-state index contributed by atoms with van der Waals surface area (Å²) >= 11 is 1.86. The zero-order chi connectivity index (χ0) is 19.6. The fraction of sp³-hybridized carbons (Fsp3) is 0.478. The van der Waals surface area contributed by atoms with Crippen LogP contribution in [0.1, 0.15) is 61.8 Å². The Balaban J connectivity index is 1.24. The maximum absolute atomic E-state index is 12.0.